The topological polar surface area (TPSA) is 70.1 Å². The summed E-state index contributed by atoms with van der Waals surface area (Å²) in [6.07, 6.45) is 4.08. The molecule has 1 amide bonds. The third-order valence-corrected chi connectivity index (χ3v) is 6.22. The van der Waals surface area contributed by atoms with Crippen LogP contribution in [0.25, 0.3) is 0 Å². The van der Waals surface area contributed by atoms with Crippen LogP contribution in [0.15, 0.2) is 29.4 Å². The quantitative estimate of drug-likeness (QED) is 0.574. The molecule has 1 aromatic carbocycles. The number of rotatable bonds is 5. The number of halogens is 1. The molecule has 27 heavy (non-hydrogen) atoms. The Morgan fingerprint density at radius 1 is 1.37 bits per heavy atom. The van der Waals surface area contributed by atoms with Crippen LogP contribution in [-0.2, 0) is 12.8 Å². The molecule has 0 fully saturated rings. The molecule has 0 aliphatic heterocycles. The van der Waals surface area contributed by atoms with Gasteiger partial charge in [0.15, 0.2) is 5.69 Å². The van der Waals surface area contributed by atoms with Gasteiger partial charge in [0.2, 0.25) is 0 Å². The zero-order valence-electron chi connectivity index (χ0n) is 16.4. The molecule has 1 aromatic heterocycles. The minimum atomic E-state index is -0.268. The fraction of sp³-hybridized carbons (Fsp3) is 0.476. The predicted octanol–water partition coefficient (Wildman–Crippen LogP) is 4.76. The molecule has 6 heteroatoms. The second-order valence-corrected chi connectivity index (χ2v) is 8.39. The number of benzene rings is 1. The number of hydrogen-bond donors (Lipinski definition) is 2. The fourth-order valence-electron chi connectivity index (χ4n) is 3.58. The first-order valence-electron chi connectivity index (χ1n) is 9.48. The Morgan fingerprint density at radius 3 is 2.74 bits per heavy atom. The fourth-order valence-corrected chi connectivity index (χ4v) is 3.71. The van der Waals surface area contributed by atoms with Crippen LogP contribution < -0.4 is 5.43 Å². The van der Waals surface area contributed by atoms with E-state index in [1.165, 1.54) is 0 Å². The maximum absolute atomic E-state index is 12.7. The summed E-state index contributed by atoms with van der Waals surface area (Å²) in [5, 5.41) is 12.2. The molecule has 2 aromatic rings. The molecule has 5 nitrogen and oxygen atoms in total. The average molecular weight is 387 g/mol. The van der Waals surface area contributed by atoms with Crippen LogP contribution >= 0.6 is 11.6 Å². The van der Waals surface area contributed by atoms with Crippen LogP contribution in [0.2, 0.25) is 5.02 Å². The normalized spacial score (nSPS) is 17.5. The SMILES string of the molecule is CCC(C)(C)C1CCc2[nH]nc(C(=O)N/N=C(\C)c3ccc(Cl)cc3)c2C1. The highest BCUT2D eigenvalue weighted by Crippen LogP contribution is 2.40. The highest BCUT2D eigenvalue weighted by atomic mass is 35.5. The Kier molecular flexibility index (Phi) is 5.70. The number of hydrazone groups is 1. The van der Waals surface area contributed by atoms with Crippen molar-refractivity contribution < 1.29 is 4.79 Å². The van der Waals surface area contributed by atoms with Gasteiger partial charge in [-0.1, -0.05) is 50.9 Å². The zero-order valence-corrected chi connectivity index (χ0v) is 17.2. The molecule has 1 atom stereocenters. The molecule has 0 saturated carbocycles. The molecule has 0 radical (unpaired) electrons. The van der Waals surface area contributed by atoms with Gasteiger partial charge in [-0.15, -0.1) is 0 Å². The summed E-state index contributed by atoms with van der Waals surface area (Å²) in [5.41, 5.74) is 7.13. The van der Waals surface area contributed by atoms with Crippen LogP contribution in [0.1, 0.15) is 67.8 Å². The number of aryl methyl sites for hydroxylation is 1. The van der Waals surface area contributed by atoms with Crippen molar-refractivity contribution in [3.63, 3.8) is 0 Å². The molecule has 1 aliphatic carbocycles. The van der Waals surface area contributed by atoms with Crippen molar-refractivity contribution in [3.05, 3.63) is 51.8 Å². The summed E-state index contributed by atoms with van der Waals surface area (Å²) in [7, 11) is 0. The predicted molar refractivity (Wildman–Crippen MR) is 109 cm³/mol. The lowest BCUT2D eigenvalue weighted by atomic mass is 9.69. The lowest BCUT2D eigenvalue weighted by Gasteiger charge is -2.36. The van der Waals surface area contributed by atoms with E-state index < -0.39 is 0 Å². The van der Waals surface area contributed by atoms with Gasteiger partial charge >= 0.3 is 0 Å². The number of hydrogen-bond acceptors (Lipinski definition) is 3. The van der Waals surface area contributed by atoms with Crippen molar-refractivity contribution in [2.45, 2.75) is 53.4 Å². The minimum absolute atomic E-state index is 0.256. The monoisotopic (exact) mass is 386 g/mol. The van der Waals surface area contributed by atoms with Gasteiger partial charge in [-0.2, -0.15) is 10.2 Å². The molecule has 3 rings (SSSR count). The van der Waals surface area contributed by atoms with E-state index in [0.717, 1.165) is 48.2 Å². The Morgan fingerprint density at radius 2 is 2.07 bits per heavy atom. The number of fused-ring (bicyclic) bond motifs is 1. The second kappa shape index (κ2) is 7.85. The Bertz CT molecular complexity index is 852. The van der Waals surface area contributed by atoms with Crippen molar-refractivity contribution >= 4 is 23.2 Å². The lowest BCUT2D eigenvalue weighted by Crippen LogP contribution is -2.30. The average Bonchev–Trinajstić information content (AvgIpc) is 3.09. The number of nitrogens with one attached hydrogen (secondary N) is 2. The van der Waals surface area contributed by atoms with Crippen molar-refractivity contribution in [2.24, 2.45) is 16.4 Å². The standard InChI is InChI=1S/C21H27ClN4O/c1-5-21(3,4)15-8-11-18-17(12-15)19(25-24-18)20(27)26-23-13(2)14-6-9-16(22)10-7-14/h6-7,9-10,15H,5,8,11-12H2,1-4H3,(H,24,25)(H,26,27)/b23-13+. The molecule has 144 valence electrons. The van der Waals surface area contributed by atoms with Gasteiger partial charge < -0.3 is 0 Å². The molecular weight excluding hydrogens is 360 g/mol. The largest absolute Gasteiger partial charge is 0.292 e. The van der Waals surface area contributed by atoms with Gasteiger partial charge in [0.25, 0.3) is 5.91 Å². The van der Waals surface area contributed by atoms with Crippen LogP contribution in [0.3, 0.4) is 0 Å². The maximum Gasteiger partial charge on any atom is 0.292 e. The van der Waals surface area contributed by atoms with E-state index in [9.17, 15) is 4.79 Å². The van der Waals surface area contributed by atoms with Crippen molar-refractivity contribution in [3.8, 4) is 0 Å². The van der Waals surface area contributed by atoms with Gasteiger partial charge in [-0.05, 0) is 55.2 Å². The summed E-state index contributed by atoms with van der Waals surface area (Å²) in [6.45, 7) is 8.70. The van der Waals surface area contributed by atoms with Crippen molar-refractivity contribution in [2.75, 3.05) is 0 Å². The highest BCUT2D eigenvalue weighted by Gasteiger charge is 2.34. The summed E-state index contributed by atoms with van der Waals surface area (Å²) in [6, 6.07) is 7.36. The summed E-state index contributed by atoms with van der Waals surface area (Å²) < 4.78 is 0. The molecule has 1 aliphatic rings. The smallest absolute Gasteiger partial charge is 0.281 e. The third kappa shape index (κ3) is 4.24. The number of carbonyl (C=O) groups is 1. The van der Waals surface area contributed by atoms with E-state index >= 15 is 0 Å². The van der Waals surface area contributed by atoms with E-state index in [4.69, 9.17) is 11.6 Å². The number of nitrogens with zero attached hydrogens (tertiary/aromatic N) is 2. The Balaban J connectivity index is 1.74. The Hall–Kier alpha value is -2.14. The zero-order chi connectivity index (χ0) is 19.6. The molecular formula is C21H27ClN4O. The molecule has 2 N–H and O–H groups in total. The van der Waals surface area contributed by atoms with E-state index in [-0.39, 0.29) is 11.3 Å². The number of carbonyl (C=O) groups excluding carboxylic acids is 1. The maximum atomic E-state index is 12.7. The number of amides is 1. The van der Waals surface area contributed by atoms with Gasteiger partial charge in [-0.25, -0.2) is 5.43 Å². The highest BCUT2D eigenvalue weighted by molar-refractivity contribution is 6.30. The summed E-state index contributed by atoms with van der Waals surface area (Å²) >= 11 is 5.91. The summed E-state index contributed by atoms with van der Waals surface area (Å²) in [4.78, 5) is 12.7. The number of H-pyrrole nitrogens is 1. The van der Waals surface area contributed by atoms with Crippen molar-refractivity contribution in [1.82, 2.24) is 15.6 Å². The van der Waals surface area contributed by atoms with Gasteiger partial charge in [0.1, 0.15) is 0 Å². The van der Waals surface area contributed by atoms with Crippen molar-refractivity contribution in [1.29, 1.82) is 0 Å². The van der Waals surface area contributed by atoms with E-state index in [1.807, 2.05) is 19.1 Å². The first-order chi connectivity index (χ1) is 12.8. The van der Waals surface area contributed by atoms with Crippen LogP contribution in [0, 0.1) is 11.3 Å². The van der Waals surface area contributed by atoms with E-state index in [2.05, 4.69) is 41.5 Å². The van der Waals surface area contributed by atoms with Crippen LogP contribution in [0.5, 0.6) is 0 Å². The first kappa shape index (κ1) is 19.6. The molecule has 1 heterocycles. The van der Waals surface area contributed by atoms with Gasteiger partial charge in [0.05, 0.1) is 5.71 Å². The first-order valence-corrected chi connectivity index (χ1v) is 9.86. The van der Waals surface area contributed by atoms with Gasteiger partial charge in [0, 0.05) is 16.3 Å². The Labute approximate surface area is 165 Å². The molecule has 1 unspecified atom stereocenters. The molecule has 0 saturated heterocycles. The lowest BCUT2D eigenvalue weighted by molar-refractivity contribution is 0.0947. The minimum Gasteiger partial charge on any atom is -0.281 e. The number of aromatic amines is 1. The van der Waals surface area contributed by atoms with Crippen LogP contribution in [-0.4, -0.2) is 21.8 Å². The van der Waals surface area contributed by atoms with Crippen LogP contribution in [0.4, 0.5) is 0 Å². The molecule has 0 bridgehead atoms. The molecule has 0 spiro atoms. The van der Waals surface area contributed by atoms with Gasteiger partial charge in [-0.3, -0.25) is 9.89 Å². The van der Waals surface area contributed by atoms with E-state index in [0.29, 0.717) is 16.6 Å². The van der Waals surface area contributed by atoms with E-state index in [1.54, 1.807) is 12.1 Å². The summed E-state index contributed by atoms with van der Waals surface area (Å²) in [5.74, 6) is 0.286. The second-order valence-electron chi connectivity index (χ2n) is 7.96. The number of aromatic nitrogens is 2. The third-order valence-electron chi connectivity index (χ3n) is 5.96.